The summed E-state index contributed by atoms with van der Waals surface area (Å²) in [5, 5.41) is 20.5. The van der Waals surface area contributed by atoms with E-state index in [9.17, 15) is 4.79 Å². The Morgan fingerprint density at radius 3 is 2.75 bits per heavy atom. The molecule has 9 heteroatoms. The minimum atomic E-state index is -1.02. The molecule has 2 heterocycles. The fourth-order valence-corrected chi connectivity index (χ4v) is 4.11. The van der Waals surface area contributed by atoms with Crippen molar-refractivity contribution in [3.8, 4) is 0 Å². The smallest absolute Gasteiger partial charge is 0.355 e. The number of aromatic nitrogens is 3. The molecule has 0 atom stereocenters. The van der Waals surface area contributed by atoms with Gasteiger partial charge < -0.3 is 10.0 Å². The summed E-state index contributed by atoms with van der Waals surface area (Å²) < 4.78 is 0. The lowest BCUT2D eigenvalue weighted by atomic mass is 10.1. The van der Waals surface area contributed by atoms with Crippen molar-refractivity contribution < 1.29 is 9.90 Å². The molecule has 2 N–H and O–H groups in total. The minimum absolute atomic E-state index is 0.0794. The van der Waals surface area contributed by atoms with Crippen LogP contribution in [-0.4, -0.2) is 44.8 Å². The van der Waals surface area contributed by atoms with E-state index < -0.39 is 5.97 Å². The van der Waals surface area contributed by atoms with Crippen molar-refractivity contribution in [2.75, 3.05) is 18.0 Å². The van der Waals surface area contributed by atoms with Gasteiger partial charge in [0.05, 0.1) is 10.0 Å². The molecule has 0 amide bonds. The van der Waals surface area contributed by atoms with Gasteiger partial charge in [0.25, 0.3) is 0 Å². The highest BCUT2D eigenvalue weighted by molar-refractivity contribution is 7.99. The molecule has 0 saturated carbocycles. The molecule has 2 aromatic rings. The number of carboxylic acids is 1. The summed E-state index contributed by atoms with van der Waals surface area (Å²) in [5.74, 6) is -0.472. The largest absolute Gasteiger partial charge is 0.476 e. The monoisotopic (exact) mass is 386 g/mol. The van der Waals surface area contributed by atoms with Crippen molar-refractivity contribution >= 4 is 46.6 Å². The van der Waals surface area contributed by atoms with Gasteiger partial charge in [-0.1, -0.05) is 28.4 Å². The second kappa shape index (κ2) is 7.63. The lowest BCUT2D eigenvalue weighted by Gasteiger charge is -2.33. The number of benzene rings is 1. The van der Waals surface area contributed by atoms with Gasteiger partial charge >= 0.3 is 5.97 Å². The lowest BCUT2D eigenvalue weighted by molar-refractivity contribution is 0.0689. The number of anilines is 1. The molecule has 128 valence electrons. The maximum atomic E-state index is 11.0. The van der Waals surface area contributed by atoms with Crippen molar-refractivity contribution in [3.63, 3.8) is 0 Å². The third-order valence-corrected chi connectivity index (χ3v) is 6.12. The first-order valence-electron chi connectivity index (χ1n) is 7.49. The predicted molar refractivity (Wildman–Crippen MR) is 96.3 cm³/mol. The number of aromatic carboxylic acids is 1. The van der Waals surface area contributed by atoms with Crippen molar-refractivity contribution in [3.05, 3.63) is 39.6 Å². The van der Waals surface area contributed by atoms with Crippen LogP contribution < -0.4 is 4.90 Å². The van der Waals surface area contributed by atoms with E-state index in [0.29, 0.717) is 26.7 Å². The number of thioether (sulfide) groups is 1. The molecule has 0 aliphatic carbocycles. The molecule has 1 aliphatic rings. The van der Waals surface area contributed by atoms with Crippen LogP contribution >= 0.6 is 35.0 Å². The Hall–Kier alpha value is -1.44. The van der Waals surface area contributed by atoms with Crippen LogP contribution in [0.5, 0.6) is 0 Å². The summed E-state index contributed by atoms with van der Waals surface area (Å²) in [5.41, 5.74) is 1.66. The highest BCUT2D eigenvalue weighted by Gasteiger charge is 2.22. The van der Waals surface area contributed by atoms with E-state index in [2.05, 4.69) is 20.3 Å². The van der Waals surface area contributed by atoms with Crippen molar-refractivity contribution in [1.29, 1.82) is 0 Å². The Balaban J connectivity index is 1.52. The van der Waals surface area contributed by atoms with Crippen LogP contribution in [0.4, 0.5) is 5.69 Å². The molecule has 0 unspecified atom stereocenters. The van der Waals surface area contributed by atoms with Crippen LogP contribution in [0, 0.1) is 0 Å². The summed E-state index contributed by atoms with van der Waals surface area (Å²) >= 11 is 13.8. The topological polar surface area (TPSA) is 82.1 Å². The third-order valence-electron chi connectivity index (χ3n) is 4.00. The molecule has 0 bridgehead atoms. The van der Waals surface area contributed by atoms with Gasteiger partial charge in [0.15, 0.2) is 5.69 Å². The number of hydrogen-bond acceptors (Lipinski definition) is 5. The standard InChI is InChI=1S/C15H16Cl2N4O2S/c16-11-2-1-9(7-12(11)17)21-5-3-10(4-6-21)24-8-13-14(15(22)23)19-20-18-13/h1-2,7,10H,3-6,8H2,(H,22,23)(H,18,19,20). The first kappa shape index (κ1) is 17.4. The number of carboxylic acid groups (broad SMARTS) is 1. The lowest BCUT2D eigenvalue weighted by Crippen LogP contribution is -2.34. The molecule has 6 nitrogen and oxygen atoms in total. The van der Waals surface area contributed by atoms with Crippen molar-refractivity contribution in [2.24, 2.45) is 0 Å². The molecule has 1 fully saturated rings. The number of halogens is 2. The normalized spacial score (nSPS) is 15.7. The van der Waals surface area contributed by atoms with Crippen LogP contribution in [0.25, 0.3) is 0 Å². The number of H-pyrrole nitrogens is 1. The van der Waals surface area contributed by atoms with Gasteiger partial charge in [0.1, 0.15) is 5.69 Å². The van der Waals surface area contributed by atoms with E-state index in [1.54, 1.807) is 11.8 Å². The predicted octanol–water partition coefficient (Wildman–Crippen LogP) is 3.71. The molecule has 3 rings (SSSR count). The SMILES string of the molecule is O=C(O)c1[nH]nnc1CSC1CCN(c2ccc(Cl)c(Cl)c2)CC1. The fourth-order valence-electron chi connectivity index (χ4n) is 2.68. The maximum absolute atomic E-state index is 11.0. The van der Waals surface area contributed by atoms with Gasteiger partial charge in [-0.15, -0.1) is 5.10 Å². The molecule has 0 spiro atoms. The van der Waals surface area contributed by atoms with Gasteiger partial charge in [-0.2, -0.15) is 11.8 Å². The van der Waals surface area contributed by atoms with E-state index in [1.807, 2.05) is 18.2 Å². The highest BCUT2D eigenvalue weighted by atomic mass is 35.5. The summed E-state index contributed by atoms with van der Waals surface area (Å²) in [7, 11) is 0. The zero-order valence-corrected chi connectivity index (χ0v) is 15.0. The number of nitrogens with one attached hydrogen (secondary N) is 1. The number of piperidine rings is 1. The number of aromatic amines is 1. The van der Waals surface area contributed by atoms with Gasteiger partial charge in [0, 0.05) is 29.8 Å². The van der Waals surface area contributed by atoms with Gasteiger partial charge in [0.2, 0.25) is 0 Å². The van der Waals surface area contributed by atoms with Crippen LogP contribution in [0.1, 0.15) is 29.0 Å². The molecule has 1 saturated heterocycles. The Morgan fingerprint density at radius 1 is 1.33 bits per heavy atom. The summed E-state index contributed by atoms with van der Waals surface area (Å²) in [4.78, 5) is 13.3. The Bertz CT molecular complexity index is 732. The van der Waals surface area contributed by atoms with Gasteiger partial charge in [-0.05, 0) is 31.0 Å². The number of nitrogens with zero attached hydrogens (tertiary/aromatic N) is 3. The summed E-state index contributed by atoms with van der Waals surface area (Å²) in [6, 6.07) is 5.69. The zero-order chi connectivity index (χ0) is 17.1. The van der Waals surface area contributed by atoms with Crippen LogP contribution in [0.2, 0.25) is 10.0 Å². The maximum Gasteiger partial charge on any atom is 0.355 e. The van der Waals surface area contributed by atoms with Crippen molar-refractivity contribution in [2.45, 2.75) is 23.8 Å². The Kier molecular flexibility index (Phi) is 5.53. The summed E-state index contributed by atoms with van der Waals surface area (Å²) in [6.07, 6.45) is 2.04. The molecule has 1 aromatic carbocycles. The van der Waals surface area contributed by atoms with E-state index in [4.69, 9.17) is 28.3 Å². The number of rotatable bonds is 5. The van der Waals surface area contributed by atoms with Crippen molar-refractivity contribution in [1.82, 2.24) is 15.4 Å². The second-order valence-corrected chi connectivity index (χ2v) is 7.64. The first-order valence-corrected chi connectivity index (χ1v) is 9.30. The number of hydrogen-bond donors (Lipinski definition) is 2. The van der Waals surface area contributed by atoms with E-state index in [1.165, 1.54) is 0 Å². The average molecular weight is 387 g/mol. The van der Waals surface area contributed by atoms with E-state index in [0.717, 1.165) is 31.6 Å². The second-order valence-electron chi connectivity index (χ2n) is 5.53. The minimum Gasteiger partial charge on any atom is -0.476 e. The number of carbonyl (C=O) groups is 1. The molecule has 0 radical (unpaired) electrons. The van der Waals surface area contributed by atoms with Crippen LogP contribution in [-0.2, 0) is 5.75 Å². The molecule has 24 heavy (non-hydrogen) atoms. The Labute approximate surface area is 153 Å². The van der Waals surface area contributed by atoms with Gasteiger partial charge in [-0.3, -0.25) is 5.10 Å². The molecule has 1 aromatic heterocycles. The Morgan fingerprint density at radius 2 is 2.08 bits per heavy atom. The molecule has 1 aliphatic heterocycles. The fraction of sp³-hybridized carbons (Fsp3) is 0.400. The van der Waals surface area contributed by atoms with E-state index in [-0.39, 0.29) is 5.69 Å². The first-order chi connectivity index (χ1) is 11.5. The zero-order valence-electron chi connectivity index (χ0n) is 12.7. The summed E-state index contributed by atoms with van der Waals surface area (Å²) in [6.45, 7) is 1.86. The quantitative estimate of drug-likeness (QED) is 0.814. The molecular formula is C15H16Cl2N4O2S. The van der Waals surface area contributed by atoms with Crippen LogP contribution in [0.3, 0.4) is 0 Å². The average Bonchev–Trinajstić information content (AvgIpc) is 3.05. The van der Waals surface area contributed by atoms with Crippen LogP contribution in [0.15, 0.2) is 18.2 Å². The molecular weight excluding hydrogens is 371 g/mol. The van der Waals surface area contributed by atoms with Gasteiger partial charge in [-0.25, -0.2) is 4.79 Å². The third kappa shape index (κ3) is 3.96. The highest BCUT2D eigenvalue weighted by Crippen LogP contribution is 2.32. The van der Waals surface area contributed by atoms with E-state index >= 15 is 0 Å².